The Hall–Kier alpha value is -1.89. The van der Waals surface area contributed by atoms with Gasteiger partial charge in [-0.15, -0.1) is 11.3 Å². The summed E-state index contributed by atoms with van der Waals surface area (Å²) in [5, 5.41) is 9.99. The van der Waals surface area contributed by atoms with Crippen LogP contribution in [0.15, 0.2) is 24.3 Å². The van der Waals surface area contributed by atoms with E-state index in [1.165, 1.54) is 4.88 Å². The van der Waals surface area contributed by atoms with E-state index < -0.39 is 5.97 Å². The Bertz CT molecular complexity index is 890. The van der Waals surface area contributed by atoms with Gasteiger partial charge >= 0.3 is 5.97 Å². The molecule has 1 aromatic carbocycles. The van der Waals surface area contributed by atoms with Crippen molar-refractivity contribution < 1.29 is 14.7 Å². The second kappa shape index (κ2) is 7.50. The molecule has 0 saturated carbocycles. The summed E-state index contributed by atoms with van der Waals surface area (Å²) >= 11 is 1.67. The first kappa shape index (κ1) is 19.4. The van der Waals surface area contributed by atoms with E-state index in [1.54, 1.807) is 11.3 Å². The number of carbonyl (C=O) groups is 1. The Morgan fingerprint density at radius 2 is 2.25 bits per heavy atom. The molecule has 4 rings (SSSR count). The van der Waals surface area contributed by atoms with Crippen LogP contribution in [0.1, 0.15) is 47.5 Å². The van der Waals surface area contributed by atoms with E-state index in [0.717, 1.165) is 60.5 Å². The summed E-state index contributed by atoms with van der Waals surface area (Å²) in [6.07, 6.45) is 3.98. The third kappa shape index (κ3) is 3.69. The number of aromatic carboxylic acids is 1. The minimum absolute atomic E-state index is 0.160. The van der Waals surface area contributed by atoms with Crippen molar-refractivity contribution in [3.8, 4) is 10.4 Å². The molecular formula is C22H28N2O3S. The van der Waals surface area contributed by atoms with Crippen LogP contribution in [0, 0.1) is 11.3 Å². The first-order valence-electron chi connectivity index (χ1n) is 9.93. The molecule has 0 bridgehead atoms. The first-order chi connectivity index (χ1) is 13.4. The van der Waals surface area contributed by atoms with Crippen molar-refractivity contribution in [1.29, 1.82) is 0 Å². The monoisotopic (exact) mass is 400 g/mol. The van der Waals surface area contributed by atoms with Crippen molar-refractivity contribution in [3.63, 3.8) is 0 Å². The number of thiophene rings is 1. The summed E-state index contributed by atoms with van der Waals surface area (Å²) in [4.78, 5) is 21.5. The summed E-state index contributed by atoms with van der Waals surface area (Å²) in [5.41, 5.74) is 3.87. The number of fused-ring (bicyclic) bond motifs is 1. The highest BCUT2D eigenvalue weighted by molar-refractivity contribution is 7.16. The highest BCUT2D eigenvalue weighted by atomic mass is 32.1. The maximum Gasteiger partial charge on any atom is 0.337 e. The molecule has 2 heterocycles. The average Bonchev–Trinajstić information content (AvgIpc) is 3.25. The smallest absolute Gasteiger partial charge is 0.337 e. The third-order valence-electron chi connectivity index (χ3n) is 6.08. The molecule has 1 fully saturated rings. The standard InChI is InChI=1S/C22H28N2O3S/c1-22(2)8-6-18-17(11-22)19(21(25)26)20(28-18)15-4-3-5-16(10-15)24-9-7-14(12-24)13-27-23/h3-5,10,14H,6-9,11-13,23H2,1-2H3,(H,25,26)/t14-/m0/s1. The number of aryl methyl sites for hydroxylation is 1. The fourth-order valence-corrected chi connectivity index (χ4v) is 5.84. The second-order valence-electron chi connectivity index (χ2n) is 8.84. The maximum atomic E-state index is 12.2. The topological polar surface area (TPSA) is 75.8 Å². The van der Waals surface area contributed by atoms with Crippen LogP contribution < -0.4 is 10.8 Å². The van der Waals surface area contributed by atoms with Crippen LogP contribution in [0.2, 0.25) is 0 Å². The van der Waals surface area contributed by atoms with Crippen LogP contribution >= 0.6 is 11.3 Å². The minimum Gasteiger partial charge on any atom is -0.478 e. The number of carboxylic acids is 1. The molecule has 0 unspecified atom stereocenters. The number of nitrogens with zero attached hydrogens (tertiary/aromatic N) is 1. The van der Waals surface area contributed by atoms with Gasteiger partial charge in [0.1, 0.15) is 0 Å². The lowest BCUT2D eigenvalue weighted by Gasteiger charge is -2.29. The highest BCUT2D eigenvalue weighted by Gasteiger charge is 2.33. The van der Waals surface area contributed by atoms with Crippen molar-refractivity contribution in [2.45, 2.75) is 39.5 Å². The molecule has 2 aromatic rings. The number of carboxylic acid groups (broad SMARTS) is 1. The van der Waals surface area contributed by atoms with Gasteiger partial charge < -0.3 is 14.8 Å². The lowest BCUT2D eigenvalue weighted by Crippen LogP contribution is -2.22. The Morgan fingerprint density at radius 1 is 1.43 bits per heavy atom. The van der Waals surface area contributed by atoms with Crippen LogP contribution in [-0.2, 0) is 17.7 Å². The molecule has 150 valence electrons. The minimum atomic E-state index is -0.808. The molecule has 28 heavy (non-hydrogen) atoms. The van der Waals surface area contributed by atoms with Gasteiger partial charge in [0.05, 0.1) is 12.2 Å². The molecule has 1 aliphatic heterocycles. The lowest BCUT2D eigenvalue weighted by atomic mass is 9.76. The lowest BCUT2D eigenvalue weighted by molar-refractivity contribution is 0.0696. The van der Waals surface area contributed by atoms with E-state index in [1.807, 2.05) is 12.1 Å². The molecule has 2 aliphatic rings. The van der Waals surface area contributed by atoms with E-state index in [-0.39, 0.29) is 5.41 Å². The Balaban J connectivity index is 1.69. The summed E-state index contributed by atoms with van der Waals surface area (Å²) < 4.78 is 0. The predicted molar refractivity (Wildman–Crippen MR) is 113 cm³/mol. The van der Waals surface area contributed by atoms with Gasteiger partial charge in [-0.1, -0.05) is 26.0 Å². The molecule has 6 heteroatoms. The molecule has 5 nitrogen and oxygen atoms in total. The van der Waals surface area contributed by atoms with Gasteiger partial charge in [-0.3, -0.25) is 0 Å². The SMILES string of the molecule is CC1(C)CCc2sc(-c3cccc(N4CC[C@H](CON)C4)c3)c(C(=O)O)c2C1. The number of anilines is 1. The third-order valence-corrected chi connectivity index (χ3v) is 7.42. The van der Waals surface area contributed by atoms with Gasteiger partial charge in [0.15, 0.2) is 0 Å². The maximum absolute atomic E-state index is 12.2. The number of benzene rings is 1. The largest absolute Gasteiger partial charge is 0.478 e. The fraction of sp³-hybridized carbons (Fsp3) is 0.500. The quantitative estimate of drug-likeness (QED) is 0.730. The molecular weight excluding hydrogens is 372 g/mol. The van der Waals surface area contributed by atoms with E-state index in [2.05, 4.69) is 30.9 Å². The van der Waals surface area contributed by atoms with Crippen LogP contribution in [0.4, 0.5) is 5.69 Å². The molecule has 1 atom stereocenters. The zero-order valence-corrected chi connectivity index (χ0v) is 17.3. The van der Waals surface area contributed by atoms with E-state index in [4.69, 9.17) is 10.7 Å². The van der Waals surface area contributed by atoms with Crippen molar-refractivity contribution in [2.24, 2.45) is 17.2 Å². The van der Waals surface area contributed by atoms with Crippen molar-refractivity contribution >= 4 is 23.0 Å². The van der Waals surface area contributed by atoms with Gasteiger partial charge in [-0.25, -0.2) is 10.7 Å². The van der Waals surface area contributed by atoms with E-state index in [0.29, 0.717) is 18.1 Å². The summed E-state index contributed by atoms with van der Waals surface area (Å²) in [5.74, 6) is 4.87. The van der Waals surface area contributed by atoms with Crippen molar-refractivity contribution in [3.05, 3.63) is 40.3 Å². The van der Waals surface area contributed by atoms with Gasteiger partial charge in [0, 0.05) is 34.4 Å². The Labute approximate surface area is 170 Å². The van der Waals surface area contributed by atoms with Crippen molar-refractivity contribution in [2.75, 3.05) is 24.6 Å². The molecule has 0 radical (unpaired) electrons. The summed E-state index contributed by atoms with van der Waals surface area (Å²) in [6, 6.07) is 8.31. The van der Waals surface area contributed by atoms with Crippen LogP contribution in [0.5, 0.6) is 0 Å². The second-order valence-corrected chi connectivity index (χ2v) is 9.94. The first-order valence-corrected chi connectivity index (χ1v) is 10.7. The highest BCUT2D eigenvalue weighted by Crippen LogP contribution is 2.45. The molecule has 1 aromatic heterocycles. The van der Waals surface area contributed by atoms with Gasteiger partial charge in [0.2, 0.25) is 0 Å². The van der Waals surface area contributed by atoms with Crippen LogP contribution in [0.25, 0.3) is 10.4 Å². The van der Waals surface area contributed by atoms with Gasteiger partial charge in [0.25, 0.3) is 0 Å². The molecule has 0 spiro atoms. The zero-order valence-electron chi connectivity index (χ0n) is 16.5. The van der Waals surface area contributed by atoms with E-state index >= 15 is 0 Å². The zero-order chi connectivity index (χ0) is 19.9. The van der Waals surface area contributed by atoms with Crippen LogP contribution in [0.3, 0.4) is 0 Å². The van der Waals surface area contributed by atoms with E-state index in [9.17, 15) is 9.90 Å². The molecule has 0 amide bonds. The molecule has 1 aliphatic carbocycles. The predicted octanol–water partition coefficient (Wildman–Crippen LogP) is 4.34. The summed E-state index contributed by atoms with van der Waals surface area (Å²) in [7, 11) is 0. The van der Waals surface area contributed by atoms with Gasteiger partial charge in [-0.2, -0.15) is 0 Å². The number of rotatable bonds is 5. The molecule has 3 N–H and O–H groups in total. The van der Waals surface area contributed by atoms with Crippen molar-refractivity contribution in [1.82, 2.24) is 0 Å². The molecule has 1 saturated heterocycles. The van der Waals surface area contributed by atoms with Gasteiger partial charge in [-0.05, 0) is 54.4 Å². The van der Waals surface area contributed by atoms with Crippen LogP contribution in [-0.4, -0.2) is 30.8 Å². The normalized spacial score (nSPS) is 21.0. The average molecular weight is 401 g/mol. The Morgan fingerprint density at radius 3 is 3.00 bits per heavy atom. The number of hydrogen-bond donors (Lipinski definition) is 2. The fourth-order valence-electron chi connectivity index (χ4n) is 4.53. The summed E-state index contributed by atoms with van der Waals surface area (Å²) in [6.45, 7) is 6.93. The Kier molecular flexibility index (Phi) is 5.21. The number of hydrogen-bond acceptors (Lipinski definition) is 5. The number of nitrogens with two attached hydrogens (primary N) is 1.